The van der Waals surface area contributed by atoms with Gasteiger partial charge in [-0.05, 0) is 30.3 Å². The molecule has 0 fully saturated rings. The van der Waals surface area contributed by atoms with Crippen LogP contribution in [0.5, 0.6) is 5.88 Å². The molecule has 2 N–H and O–H groups in total. The van der Waals surface area contributed by atoms with E-state index in [4.69, 9.17) is 4.74 Å². The predicted octanol–water partition coefficient (Wildman–Crippen LogP) is 1.85. The number of nitrogens with one attached hydrogen (secondary N) is 2. The zero-order chi connectivity index (χ0) is 19.2. The molecular weight excluding hydrogens is 358 g/mol. The van der Waals surface area contributed by atoms with Gasteiger partial charge in [-0.2, -0.15) is 0 Å². The van der Waals surface area contributed by atoms with Crippen molar-refractivity contribution in [2.45, 2.75) is 18.2 Å². The topological polar surface area (TPSA) is 114 Å². The molecule has 0 aliphatic rings. The summed E-state index contributed by atoms with van der Waals surface area (Å²) in [5.41, 5.74) is 0.953. The fourth-order valence-corrected chi connectivity index (χ4v) is 3.33. The average Bonchev–Trinajstić information content (AvgIpc) is 2.61. The Labute approximate surface area is 151 Å². The Morgan fingerprint density at radius 2 is 1.69 bits per heavy atom. The summed E-state index contributed by atoms with van der Waals surface area (Å²) in [6, 6.07) is 8.98. The Hall–Kier alpha value is -2.94. The van der Waals surface area contributed by atoms with Crippen LogP contribution >= 0.6 is 0 Å². The minimum absolute atomic E-state index is 0.0884. The van der Waals surface area contributed by atoms with Crippen molar-refractivity contribution >= 4 is 33.0 Å². The number of hydrogen-bond donors (Lipinski definition) is 2. The summed E-state index contributed by atoms with van der Waals surface area (Å²) in [6.45, 7) is 1.36. The van der Waals surface area contributed by atoms with Crippen molar-refractivity contribution in [2.75, 3.05) is 23.5 Å². The number of anilines is 2. The van der Waals surface area contributed by atoms with E-state index >= 15 is 0 Å². The molecule has 0 aliphatic carbocycles. The zero-order valence-electron chi connectivity index (χ0n) is 14.4. The fraction of sp³-hybridized carbons (Fsp3) is 0.235. The molecule has 0 spiro atoms. The first kappa shape index (κ1) is 19.4. The van der Waals surface area contributed by atoms with Crippen LogP contribution in [-0.4, -0.2) is 38.1 Å². The van der Waals surface area contributed by atoms with Crippen LogP contribution in [0.25, 0.3) is 0 Å². The van der Waals surface area contributed by atoms with Crippen LogP contribution in [0.1, 0.15) is 13.3 Å². The van der Waals surface area contributed by atoms with E-state index in [0.717, 1.165) is 0 Å². The summed E-state index contributed by atoms with van der Waals surface area (Å²) in [4.78, 5) is 27.0. The van der Waals surface area contributed by atoms with E-state index < -0.39 is 15.7 Å². The molecule has 0 radical (unpaired) electrons. The number of hydrogen-bond acceptors (Lipinski definition) is 6. The van der Waals surface area contributed by atoms with E-state index in [0.29, 0.717) is 17.3 Å². The monoisotopic (exact) mass is 377 g/mol. The maximum atomic E-state index is 12.3. The number of pyridine rings is 1. The first-order chi connectivity index (χ1) is 12.3. The zero-order valence-corrected chi connectivity index (χ0v) is 15.2. The smallest absolute Gasteiger partial charge is 0.225 e. The van der Waals surface area contributed by atoms with E-state index in [1.165, 1.54) is 44.5 Å². The number of ether oxygens (including phenoxy) is 1. The van der Waals surface area contributed by atoms with Gasteiger partial charge in [0.25, 0.3) is 0 Å². The molecule has 2 rings (SSSR count). The summed E-state index contributed by atoms with van der Waals surface area (Å²) in [5, 5.41) is 5.14. The lowest BCUT2D eigenvalue weighted by Crippen LogP contribution is -2.17. The van der Waals surface area contributed by atoms with Gasteiger partial charge in [-0.25, -0.2) is 13.4 Å². The van der Waals surface area contributed by atoms with E-state index in [2.05, 4.69) is 15.6 Å². The number of benzene rings is 1. The normalized spacial score (nSPS) is 10.8. The predicted molar refractivity (Wildman–Crippen MR) is 96.8 cm³/mol. The van der Waals surface area contributed by atoms with Gasteiger partial charge in [-0.15, -0.1) is 0 Å². The Morgan fingerprint density at radius 3 is 2.23 bits per heavy atom. The highest BCUT2D eigenvalue weighted by atomic mass is 32.2. The molecule has 0 saturated carbocycles. The van der Waals surface area contributed by atoms with Gasteiger partial charge in [0.05, 0.1) is 29.6 Å². The molecule has 0 atom stereocenters. The van der Waals surface area contributed by atoms with Crippen LogP contribution in [-0.2, 0) is 19.4 Å². The van der Waals surface area contributed by atoms with Crippen molar-refractivity contribution in [1.29, 1.82) is 0 Å². The fourth-order valence-electron chi connectivity index (χ4n) is 2.09. The molecule has 0 saturated heterocycles. The summed E-state index contributed by atoms with van der Waals surface area (Å²) >= 11 is 0. The maximum absolute atomic E-state index is 12.3. The molecule has 26 heavy (non-hydrogen) atoms. The molecular formula is C17H19N3O5S. The lowest BCUT2D eigenvalue weighted by molar-refractivity contribution is -0.116. The van der Waals surface area contributed by atoms with Gasteiger partial charge in [0.15, 0.2) is 9.84 Å². The van der Waals surface area contributed by atoms with E-state index in [1.807, 2.05) is 0 Å². The second-order valence-electron chi connectivity index (χ2n) is 5.41. The van der Waals surface area contributed by atoms with Gasteiger partial charge < -0.3 is 15.4 Å². The average molecular weight is 377 g/mol. The highest BCUT2D eigenvalue weighted by Crippen LogP contribution is 2.17. The molecule has 1 aromatic carbocycles. The number of methoxy groups -OCH3 is 1. The first-order valence-corrected chi connectivity index (χ1v) is 9.36. The van der Waals surface area contributed by atoms with Crippen LogP contribution in [0.15, 0.2) is 47.5 Å². The summed E-state index contributed by atoms with van der Waals surface area (Å²) < 4.78 is 29.5. The van der Waals surface area contributed by atoms with Crippen LogP contribution in [0.2, 0.25) is 0 Å². The second-order valence-corrected chi connectivity index (χ2v) is 7.52. The van der Waals surface area contributed by atoms with Crippen LogP contribution in [0.4, 0.5) is 11.4 Å². The van der Waals surface area contributed by atoms with E-state index in [-0.39, 0.29) is 23.0 Å². The minimum atomic E-state index is -3.61. The van der Waals surface area contributed by atoms with Gasteiger partial charge in [-0.1, -0.05) is 0 Å². The number of amides is 2. The summed E-state index contributed by atoms with van der Waals surface area (Å²) in [7, 11) is -2.13. The number of rotatable bonds is 7. The Morgan fingerprint density at radius 1 is 1.04 bits per heavy atom. The van der Waals surface area contributed by atoms with E-state index in [9.17, 15) is 18.0 Å². The number of nitrogens with zero attached hydrogens (tertiary/aromatic N) is 1. The lowest BCUT2D eigenvalue weighted by Gasteiger charge is -2.08. The van der Waals surface area contributed by atoms with E-state index in [1.54, 1.807) is 12.1 Å². The largest absolute Gasteiger partial charge is 0.481 e. The third-order valence-corrected chi connectivity index (χ3v) is 5.09. The second kappa shape index (κ2) is 8.43. The highest BCUT2D eigenvalue weighted by molar-refractivity contribution is 7.91. The van der Waals surface area contributed by atoms with Gasteiger partial charge in [0, 0.05) is 25.1 Å². The quantitative estimate of drug-likeness (QED) is 0.761. The molecule has 138 valence electrons. The number of sulfone groups is 1. The molecule has 2 amide bonds. The van der Waals surface area contributed by atoms with Crippen LogP contribution < -0.4 is 15.4 Å². The first-order valence-electron chi connectivity index (χ1n) is 7.70. The highest BCUT2D eigenvalue weighted by Gasteiger charge is 2.17. The maximum Gasteiger partial charge on any atom is 0.225 e. The Kier molecular flexibility index (Phi) is 6.29. The molecule has 9 heteroatoms. The van der Waals surface area contributed by atoms with Gasteiger partial charge in [0.2, 0.25) is 17.7 Å². The molecule has 1 aromatic heterocycles. The van der Waals surface area contributed by atoms with Gasteiger partial charge in [-0.3, -0.25) is 9.59 Å². The van der Waals surface area contributed by atoms with Crippen molar-refractivity contribution in [3.05, 3.63) is 42.6 Å². The Bertz CT molecular complexity index is 878. The third-order valence-electron chi connectivity index (χ3n) is 3.36. The van der Waals surface area contributed by atoms with Crippen molar-refractivity contribution in [2.24, 2.45) is 0 Å². The van der Waals surface area contributed by atoms with Crippen LogP contribution in [0.3, 0.4) is 0 Å². The minimum Gasteiger partial charge on any atom is -0.481 e. The third kappa shape index (κ3) is 5.55. The number of carbonyl (C=O) groups excluding carboxylic acids is 2. The molecule has 2 aromatic rings. The lowest BCUT2D eigenvalue weighted by atomic mass is 10.3. The van der Waals surface area contributed by atoms with Gasteiger partial charge >= 0.3 is 0 Å². The number of carbonyl (C=O) groups is 2. The molecule has 0 unspecified atom stereocenters. The Balaban J connectivity index is 1.93. The summed E-state index contributed by atoms with van der Waals surface area (Å²) in [6.07, 6.45) is 1.23. The summed E-state index contributed by atoms with van der Waals surface area (Å²) in [5.74, 6) is -0.601. The molecule has 0 bridgehead atoms. The van der Waals surface area contributed by atoms with Crippen molar-refractivity contribution < 1.29 is 22.7 Å². The van der Waals surface area contributed by atoms with Crippen LogP contribution in [0, 0.1) is 0 Å². The van der Waals surface area contributed by atoms with Crippen molar-refractivity contribution in [3.63, 3.8) is 0 Å². The van der Waals surface area contributed by atoms with Crippen molar-refractivity contribution in [1.82, 2.24) is 4.98 Å². The van der Waals surface area contributed by atoms with Crippen molar-refractivity contribution in [3.8, 4) is 5.88 Å². The molecule has 0 aliphatic heterocycles. The molecule has 8 nitrogen and oxygen atoms in total. The molecule has 1 heterocycles. The SMILES string of the molecule is COc1ccc(NC(=O)CCS(=O)(=O)c2ccc(NC(C)=O)cc2)cn1. The standard InChI is InChI=1S/C17H19N3O5S/c1-12(21)19-13-3-6-15(7-4-13)26(23,24)10-9-16(22)20-14-5-8-17(25-2)18-11-14/h3-8,11H,9-10H2,1-2H3,(H,19,21)(H,20,22). The number of aromatic nitrogens is 1. The van der Waals surface area contributed by atoms with Gasteiger partial charge in [0.1, 0.15) is 0 Å².